The molecule has 1 aliphatic heterocycles. The van der Waals surface area contributed by atoms with Gasteiger partial charge in [-0.2, -0.15) is 5.10 Å². The van der Waals surface area contributed by atoms with Crippen LogP contribution in [0.1, 0.15) is 53.8 Å². The number of carbonyl (C=O) groups is 2. The second-order valence-electron chi connectivity index (χ2n) is 9.07. The van der Waals surface area contributed by atoms with Gasteiger partial charge in [0.05, 0.1) is 23.3 Å². The number of likely N-dealkylation sites (tertiary alicyclic amines) is 1. The van der Waals surface area contributed by atoms with Crippen LogP contribution in [0.4, 0.5) is 0 Å². The highest BCUT2D eigenvalue weighted by atomic mass is 16.2. The lowest BCUT2D eigenvalue weighted by molar-refractivity contribution is -0.123. The van der Waals surface area contributed by atoms with E-state index in [0.29, 0.717) is 37.5 Å². The highest BCUT2D eigenvalue weighted by Crippen LogP contribution is 2.23. The minimum absolute atomic E-state index is 0.0169. The third kappa shape index (κ3) is 5.00. The fraction of sp³-hybridized carbons (Fsp3) is 0.500. The molecule has 8 nitrogen and oxygen atoms in total. The second-order valence-corrected chi connectivity index (χ2v) is 9.07. The molecule has 170 valence electrons. The number of benzene rings is 1. The van der Waals surface area contributed by atoms with Gasteiger partial charge in [0.1, 0.15) is 5.82 Å². The Kier molecular flexibility index (Phi) is 6.30. The van der Waals surface area contributed by atoms with Crippen molar-refractivity contribution < 1.29 is 9.59 Å². The molecule has 32 heavy (non-hydrogen) atoms. The number of nitrogens with one attached hydrogen (secondary N) is 2. The fourth-order valence-electron chi connectivity index (χ4n) is 4.55. The van der Waals surface area contributed by atoms with E-state index in [-0.39, 0.29) is 17.9 Å². The molecule has 2 N–H and O–H groups in total. The summed E-state index contributed by atoms with van der Waals surface area (Å²) in [7, 11) is 0. The van der Waals surface area contributed by atoms with Gasteiger partial charge in [0.2, 0.25) is 5.91 Å². The van der Waals surface area contributed by atoms with E-state index >= 15 is 0 Å². The molecular weight excluding hydrogens is 404 g/mol. The van der Waals surface area contributed by atoms with E-state index in [1.54, 1.807) is 0 Å². The first kappa shape index (κ1) is 22.0. The van der Waals surface area contributed by atoms with Gasteiger partial charge in [0, 0.05) is 36.8 Å². The van der Waals surface area contributed by atoms with Crippen LogP contribution < -0.4 is 5.32 Å². The summed E-state index contributed by atoms with van der Waals surface area (Å²) in [5.41, 5.74) is 4.52. The van der Waals surface area contributed by atoms with E-state index in [0.717, 1.165) is 41.1 Å². The van der Waals surface area contributed by atoms with E-state index in [4.69, 9.17) is 0 Å². The molecule has 3 heterocycles. The standard InChI is InChI=1S/C24H32N6O2/c1-15-11-17(3)30(28-15)14-16(2)25-23(31)12-19-7-9-29(10-8-19)24(32)20-5-6-21-22(13-20)27-18(4)26-21/h5-6,11,13,16,19H,7-10,12,14H2,1-4H3,(H,25,31)(H,26,27). The third-order valence-corrected chi connectivity index (χ3v) is 6.18. The Bertz CT molecular complexity index is 1120. The summed E-state index contributed by atoms with van der Waals surface area (Å²) < 4.78 is 1.94. The van der Waals surface area contributed by atoms with Crippen LogP contribution in [0, 0.1) is 26.7 Å². The van der Waals surface area contributed by atoms with Gasteiger partial charge in [0.15, 0.2) is 0 Å². The number of aromatic nitrogens is 4. The molecule has 1 aliphatic rings. The Morgan fingerprint density at radius 1 is 1.19 bits per heavy atom. The number of aromatic amines is 1. The maximum Gasteiger partial charge on any atom is 0.253 e. The molecule has 1 fully saturated rings. The van der Waals surface area contributed by atoms with Gasteiger partial charge in [-0.25, -0.2) is 4.98 Å². The average Bonchev–Trinajstić information content (AvgIpc) is 3.26. The van der Waals surface area contributed by atoms with E-state index in [1.165, 1.54) is 0 Å². The number of piperidine rings is 1. The summed E-state index contributed by atoms with van der Waals surface area (Å²) in [5, 5.41) is 7.56. The Balaban J connectivity index is 1.25. The van der Waals surface area contributed by atoms with Gasteiger partial charge < -0.3 is 15.2 Å². The van der Waals surface area contributed by atoms with Gasteiger partial charge in [0.25, 0.3) is 5.91 Å². The molecule has 0 aliphatic carbocycles. The maximum absolute atomic E-state index is 12.9. The molecule has 4 rings (SSSR count). The van der Waals surface area contributed by atoms with Crippen molar-refractivity contribution in [3.05, 3.63) is 47.0 Å². The largest absolute Gasteiger partial charge is 0.352 e. The Morgan fingerprint density at radius 2 is 1.94 bits per heavy atom. The predicted octanol–water partition coefficient (Wildman–Crippen LogP) is 3.13. The molecular formula is C24H32N6O2. The van der Waals surface area contributed by atoms with E-state index < -0.39 is 0 Å². The van der Waals surface area contributed by atoms with Crippen molar-refractivity contribution in [3.63, 3.8) is 0 Å². The number of hydrogen-bond donors (Lipinski definition) is 2. The average molecular weight is 437 g/mol. The molecule has 0 spiro atoms. The van der Waals surface area contributed by atoms with Crippen LogP contribution in [0.15, 0.2) is 24.3 Å². The van der Waals surface area contributed by atoms with Crippen molar-refractivity contribution >= 4 is 22.8 Å². The summed E-state index contributed by atoms with van der Waals surface area (Å²) in [4.78, 5) is 34.9. The number of H-pyrrole nitrogens is 1. The van der Waals surface area contributed by atoms with Crippen molar-refractivity contribution in [3.8, 4) is 0 Å². The molecule has 3 aromatic rings. The Labute approximate surface area is 188 Å². The molecule has 0 radical (unpaired) electrons. The summed E-state index contributed by atoms with van der Waals surface area (Å²) in [6.07, 6.45) is 2.19. The zero-order chi connectivity index (χ0) is 22.8. The monoisotopic (exact) mass is 436 g/mol. The first-order valence-electron chi connectivity index (χ1n) is 11.3. The molecule has 0 saturated carbocycles. The third-order valence-electron chi connectivity index (χ3n) is 6.18. The van der Waals surface area contributed by atoms with Crippen LogP contribution in [0.5, 0.6) is 0 Å². The highest BCUT2D eigenvalue weighted by molar-refractivity contribution is 5.97. The highest BCUT2D eigenvalue weighted by Gasteiger charge is 2.26. The zero-order valence-electron chi connectivity index (χ0n) is 19.3. The molecule has 1 saturated heterocycles. The van der Waals surface area contributed by atoms with Crippen LogP contribution in [-0.2, 0) is 11.3 Å². The van der Waals surface area contributed by atoms with E-state index in [1.807, 2.05) is 61.5 Å². The lowest BCUT2D eigenvalue weighted by Gasteiger charge is -2.32. The lowest BCUT2D eigenvalue weighted by atomic mass is 9.92. The smallest absolute Gasteiger partial charge is 0.253 e. The van der Waals surface area contributed by atoms with Crippen molar-refractivity contribution in [2.45, 2.75) is 59.5 Å². The normalized spacial score (nSPS) is 15.8. The van der Waals surface area contributed by atoms with Crippen molar-refractivity contribution in [1.29, 1.82) is 0 Å². The number of imidazole rings is 1. The van der Waals surface area contributed by atoms with Gasteiger partial charge in [-0.05, 0) is 70.7 Å². The van der Waals surface area contributed by atoms with Crippen LogP contribution in [0.25, 0.3) is 11.0 Å². The lowest BCUT2D eigenvalue weighted by Crippen LogP contribution is -2.41. The summed E-state index contributed by atoms with van der Waals surface area (Å²) in [6, 6.07) is 7.66. The van der Waals surface area contributed by atoms with Crippen molar-refractivity contribution in [2.75, 3.05) is 13.1 Å². The number of nitrogens with zero attached hydrogens (tertiary/aromatic N) is 4. The summed E-state index contributed by atoms with van der Waals surface area (Å²) in [6.45, 7) is 9.93. The summed E-state index contributed by atoms with van der Waals surface area (Å²) in [5.74, 6) is 1.26. The summed E-state index contributed by atoms with van der Waals surface area (Å²) >= 11 is 0. The predicted molar refractivity (Wildman–Crippen MR) is 123 cm³/mol. The van der Waals surface area contributed by atoms with Crippen molar-refractivity contribution in [2.24, 2.45) is 5.92 Å². The van der Waals surface area contributed by atoms with Gasteiger partial charge in [-0.15, -0.1) is 0 Å². The quantitative estimate of drug-likeness (QED) is 0.621. The molecule has 1 aromatic carbocycles. The maximum atomic E-state index is 12.9. The topological polar surface area (TPSA) is 95.9 Å². The Hall–Kier alpha value is -3.16. The second kappa shape index (κ2) is 9.14. The van der Waals surface area contributed by atoms with E-state index in [9.17, 15) is 9.59 Å². The molecule has 8 heteroatoms. The van der Waals surface area contributed by atoms with E-state index in [2.05, 4.69) is 20.4 Å². The van der Waals surface area contributed by atoms with Crippen molar-refractivity contribution in [1.82, 2.24) is 30.0 Å². The number of amides is 2. The number of rotatable bonds is 6. The minimum atomic E-state index is 0.0169. The SMILES string of the molecule is Cc1cc(C)n(CC(C)NC(=O)CC2CCN(C(=O)c3ccc4nc(C)[nH]c4c3)CC2)n1. The molecule has 2 amide bonds. The zero-order valence-corrected chi connectivity index (χ0v) is 19.3. The minimum Gasteiger partial charge on any atom is -0.352 e. The molecule has 2 aromatic heterocycles. The first-order chi connectivity index (χ1) is 15.3. The van der Waals surface area contributed by atoms with Crippen LogP contribution in [0.2, 0.25) is 0 Å². The number of fused-ring (bicyclic) bond motifs is 1. The molecule has 1 unspecified atom stereocenters. The van der Waals surface area contributed by atoms with Gasteiger partial charge in [-0.1, -0.05) is 0 Å². The molecule has 1 atom stereocenters. The number of hydrogen-bond acceptors (Lipinski definition) is 4. The fourth-order valence-corrected chi connectivity index (χ4v) is 4.55. The number of carbonyl (C=O) groups excluding carboxylic acids is 2. The number of aryl methyl sites for hydroxylation is 3. The van der Waals surface area contributed by atoms with Crippen LogP contribution in [-0.4, -0.2) is 55.6 Å². The van der Waals surface area contributed by atoms with Crippen LogP contribution in [0.3, 0.4) is 0 Å². The van der Waals surface area contributed by atoms with Crippen LogP contribution >= 0.6 is 0 Å². The molecule has 0 bridgehead atoms. The van der Waals surface area contributed by atoms with Gasteiger partial charge in [-0.3, -0.25) is 14.3 Å². The first-order valence-corrected chi connectivity index (χ1v) is 11.3. The Morgan fingerprint density at radius 3 is 2.62 bits per heavy atom. The van der Waals surface area contributed by atoms with Gasteiger partial charge >= 0.3 is 0 Å².